The molecular weight excluding hydrogens is 428 g/mol. The van der Waals surface area contributed by atoms with Crippen molar-refractivity contribution in [3.05, 3.63) is 58.0 Å². The van der Waals surface area contributed by atoms with Gasteiger partial charge >= 0.3 is 0 Å². The van der Waals surface area contributed by atoms with Crippen LogP contribution in [-0.2, 0) is 16.5 Å². The molecule has 0 aliphatic rings. The Morgan fingerprint density at radius 2 is 1.85 bits per heavy atom. The summed E-state index contributed by atoms with van der Waals surface area (Å²) < 4.78 is 56.9. The topological polar surface area (TPSA) is 60.2 Å². The van der Waals surface area contributed by atoms with Gasteiger partial charge < -0.3 is 4.52 Å². The third-order valence-corrected chi connectivity index (χ3v) is 5.96. The van der Waals surface area contributed by atoms with Crippen LogP contribution in [0.5, 0.6) is 0 Å². The molecule has 0 aliphatic heterocycles. The quantitative estimate of drug-likeness (QED) is 0.565. The monoisotopic (exact) mass is 441 g/mol. The van der Waals surface area contributed by atoms with Crippen LogP contribution in [-0.4, -0.2) is 19.8 Å². The maximum atomic E-state index is 14.3. The molecule has 0 spiro atoms. The van der Waals surface area contributed by atoms with E-state index in [0.717, 1.165) is 28.4 Å². The summed E-state index contributed by atoms with van der Waals surface area (Å²) in [4.78, 5) is -0.416. The molecule has 1 aromatic heterocycles. The normalized spacial score (nSPS) is 11.7. The number of benzene rings is 2. The third kappa shape index (κ3) is 3.43. The first kappa shape index (κ1) is 18.7. The van der Waals surface area contributed by atoms with Crippen LogP contribution < -0.4 is 0 Å². The highest BCUT2D eigenvalue weighted by atomic mass is 79.9. The molecule has 136 valence electrons. The Kier molecular flexibility index (Phi) is 4.98. The minimum absolute atomic E-state index is 0.0490. The van der Waals surface area contributed by atoms with Crippen LogP contribution in [0.3, 0.4) is 0 Å². The molecule has 0 unspecified atom stereocenters. The number of halogens is 3. The summed E-state index contributed by atoms with van der Waals surface area (Å²) in [5.74, 6) is -0.957. The molecule has 3 rings (SSSR count). The number of nitrogens with zero attached hydrogens (tertiary/aromatic N) is 1. The molecular formula is C18H14BrF2NO3S. The zero-order valence-electron chi connectivity index (χ0n) is 13.9. The Labute approximate surface area is 157 Å². The van der Waals surface area contributed by atoms with Gasteiger partial charge in [-0.25, -0.2) is 17.2 Å². The second kappa shape index (κ2) is 6.92. The number of aromatic nitrogens is 1. The van der Waals surface area contributed by atoms with Crippen molar-refractivity contribution in [3.63, 3.8) is 0 Å². The molecule has 2 aromatic carbocycles. The van der Waals surface area contributed by atoms with Gasteiger partial charge in [0.15, 0.2) is 22.3 Å². The summed E-state index contributed by atoms with van der Waals surface area (Å²) in [7, 11) is -3.70. The number of aryl methyl sites for hydroxylation is 1. The van der Waals surface area contributed by atoms with Gasteiger partial charge in [0.2, 0.25) is 0 Å². The van der Waals surface area contributed by atoms with Crippen LogP contribution in [0.25, 0.3) is 22.4 Å². The molecule has 0 saturated carbocycles. The largest absolute Gasteiger partial charge is 0.357 e. The summed E-state index contributed by atoms with van der Waals surface area (Å²) in [5.41, 5.74) is 2.57. The van der Waals surface area contributed by atoms with Gasteiger partial charge in [0, 0.05) is 16.3 Å². The molecule has 0 radical (unpaired) electrons. The van der Waals surface area contributed by atoms with Gasteiger partial charge in [0.25, 0.3) is 0 Å². The first-order valence-electron chi connectivity index (χ1n) is 7.53. The van der Waals surface area contributed by atoms with E-state index in [1.807, 2.05) is 19.1 Å². The van der Waals surface area contributed by atoms with Crippen LogP contribution >= 0.6 is 15.9 Å². The van der Waals surface area contributed by atoms with E-state index in [1.54, 1.807) is 6.07 Å². The van der Waals surface area contributed by atoms with E-state index in [-0.39, 0.29) is 5.76 Å². The maximum Gasteiger partial charge on any atom is 0.178 e. The summed E-state index contributed by atoms with van der Waals surface area (Å²) in [5, 5.41) is 3.93. The molecule has 0 bridgehead atoms. The van der Waals surface area contributed by atoms with Gasteiger partial charge in [-0.1, -0.05) is 33.2 Å². The lowest BCUT2D eigenvalue weighted by molar-refractivity contribution is 0.332. The Morgan fingerprint density at radius 3 is 2.42 bits per heavy atom. The van der Waals surface area contributed by atoms with Crippen LogP contribution in [0, 0.1) is 12.7 Å². The molecule has 0 fully saturated rings. The van der Waals surface area contributed by atoms with Gasteiger partial charge in [-0.3, -0.25) is 0 Å². The van der Waals surface area contributed by atoms with Crippen molar-refractivity contribution in [1.82, 2.24) is 5.16 Å². The van der Waals surface area contributed by atoms with Crippen molar-refractivity contribution in [2.24, 2.45) is 0 Å². The first-order valence-corrected chi connectivity index (χ1v) is 10.2. The molecule has 3 aromatic rings. The Hall–Kier alpha value is -2.06. The summed E-state index contributed by atoms with van der Waals surface area (Å²) in [6.07, 6.45) is 0.924. The number of hydrogen-bond donors (Lipinski definition) is 0. The highest BCUT2D eigenvalue weighted by molar-refractivity contribution is 9.10. The number of rotatable bonds is 4. The van der Waals surface area contributed by atoms with Crippen molar-refractivity contribution < 1.29 is 21.7 Å². The van der Waals surface area contributed by atoms with Crippen molar-refractivity contribution >= 4 is 25.8 Å². The molecule has 0 atom stereocenters. The Balaban J connectivity index is 2.20. The molecule has 1 heterocycles. The van der Waals surface area contributed by atoms with Gasteiger partial charge in [-0.05, 0) is 42.3 Å². The Bertz CT molecular complexity index is 1090. The highest BCUT2D eigenvalue weighted by Gasteiger charge is 2.22. The molecule has 0 N–H and O–H groups in total. The van der Waals surface area contributed by atoms with Gasteiger partial charge in [-0.15, -0.1) is 0 Å². The zero-order chi connectivity index (χ0) is 19.1. The van der Waals surface area contributed by atoms with E-state index in [2.05, 4.69) is 21.1 Å². The molecule has 8 heteroatoms. The molecule has 0 aliphatic carbocycles. The first-order chi connectivity index (χ1) is 12.2. The van der Waals surface area contributed by atoms with Gasteiger partial charge in [0.05, 0.1) is 5.56 Å². The summed E-state index contributed by atoms with van der Waals surface area (Å²) >= 11 is 3.41. The third-order valence-electron chi connectivity index (χ3n) is 3.94. The van der Waals surface area contributed by atoms with E-state index in [9.17, 15) is 17.2 Å². The lowest BCUT2D eigenvalue weighted by Gasteiger charge is -2.07. The van der Waals surface area contributed by atoms with E-state index >= 15 is 0 Å². The lowest BCUT2D eigenvalue weighted by Crippen LogP contribution is -2.01. The van der Waals surface area contributed by atoms with E-state index in [1.165, 1.54) is 6.07 Å². The SMILES string of the molecule is Cc1cc(-c2noc(CF)c2-c2ccc(S(C)(=O)=O)c(F)c2)ccc1Br. The fourth-order valence-corrected chi connectivity index (χ4v) is 3.63. The Morgan fingerprint density at radius 1 is 1.15 bits per heavy atom. The molecule has 0 saturated heterocycles. The number of sulfone groups is 1. The van der Waals surface area contributed by atoms with Gasteiger partial charge in [-0.2, -0.15) is 0 Å². The zero-order valence-corrected chi connectivity index (χ0v) is 16.3. The minimum Gasteiger partial charge on any atom is -0.357 e. The highest BCUT2D eigenvalue weighted by Crippen LogP contribution is 2.37. The number of alkyl halides is 1. The van der Waals surface area contributed by atoms with E-state index in [4.69, 9.17) is 4.52 Å². The fourth-order valence-electron chi connectivity index (χ4n) is 2.66. The minimum atomic E-state index is -3.70. The van der Waals surface area contributed by atoms with Crippen molar-refractivity contribution in [2.75, 3.05) is 6.26 Å². The smallest absolute Gasteiger partial charge is 0.178 e. The van der Waals surface area contributed by atoms with Crippen LogP contribution in [0.1, 0.15) is 11.3 Å². The average molecular weight is 442 g/mol. The van der Waals surface area contributed by atoms with E-state index in [0.29, 0.717) is 22.4 Å². The fraction of sp³-hybridized carbons (Fsp3) is 0.167. The van der Waals surface area contributed by atoms with E-state index < -0.39 is 27.2 Å². The van der Waals surface area contributed by atoms with Crippen molar-refractivity contribution in [1.29, 1.82) is 0 Å². The van der Waals surface area contributed by atoms with Crippen molar-refractivity contribution in [2.45, 2.75) is 18.5 Å². The average Bonchev–Trinajstić information content (AvgIpc) is 3.00. The molecule has 4 nitrogen and oxygen atoms in total. The summed E-state index contributed by atoms with van der Waals surface area (Å²) in [6.45, 7) is 0.970. The predicted octanol–water partition coefficient (Wildman–Crippen LogP) is 5.09. The van der Waals surface area contributed by atoms with Gasteiger partial charge in [0.1, 0.15) is 16.4 Å². The van der Waals surface area contributed by atoms with Crippen LogP contribution in [0.4, 0.5) is 8.78 Å². The van der Waals surface area contributed by atoms with Crippen molar-refractivity contribution in [3.8, 4) is 22.4 Å². The number of hydrogen-bond acceptors (Lipinski definition) is 4. The standard InChI is InChI=1S/C18H14BrF2NO3S/c1-10-7-12(3-5-13(10)19)18-17(15(9-20)25-22-18)11-4-6-16(14(21)8-11)26(2,23)24/h3-8H,9H2,1-2H3. The lowest BCUT2D eigenvalue weighted by atomic mass is 9.98. The van der Waals surface area contributed by atoms with Crippen LogP contribution in [0.15, 0.2) is 50.3 Å². The second-order valence-corrected chi connectivity index (χ2v) is 8.68. The second-order valence-electron chi connectivity index (χ2n) is 5.84. The summed E-state index contributed by atoms with van der Waals surface area (Å²) in [6, 6.07) is 9.07. The van der Waals surface area contributed by atoms with Crippen LogP contribution in [0.2, 0.25) is 0 Å². The molecule has 26 heavy (non-hydrogen) atoms. The molecule has 0 amide bonds. The predicted molar refractivity (Wildman–Crippen MR) is 97.7 cm³/mol. The maximum absolute atomic E-state index is 14.3.